The van der Waals surface area contributed by atoms with Crippen LogP contribution in [-0.2, 0) is 6.42 Å². The van der Waals surface area contributed by atoms with E-state index in [1.54, 1.807) is 13.2 Å². The third-order valence-electron chi connectivity index (χ3n) is 6.69. The number of benzene rings is 1. The zero-order chi connectivity index (χ0) is 24.8. The number of anilines is 1. The van der Waals surface area contributed by atoms with Crippen LogP contribution in [0.1, 0.15) is 51.3 Å². The van der Waals surface area contributed by atoms with Crippen molar-refractivity contribution in [2.45, 2.75) is 46.6 Å². The van der Waals surface area contributed by atoms with Crippen LogP contribution in [-0.4, -0.2) is 35.7 Å². The summed E-state index contributed by atoms with van der Waals surface area (Å²) in [6, 6.07) is 6.17. The van der Waals surface area contributed by atoms with Crippen molar-refractivity contribution in [1.29, 1.82) is 0 Å². The number of aromatic nitrogens is 3. The highest BCUT2D eigenvalue weighted by atomic mass is 16.5. The zero-order valence-electron chi connectivity index (χ0n) is 21.3. The number of nitrogens with zero attached hydrogens (tertiary/aromatic N) is 4. The van der Waals surface area contributed by atoms with Crippen LogP contribution >= 0.6 is 0 Å². The van der Waals surface area contributed by atoms with Crippen molar-refractivity contribution in [3.8, 4) is 28.1 Å². The molecular formula is C28H34N4O2. The maximum atomic E-state index is 13.1. The smallest absolute Gasteiger partial charge is 0.224 e. The van der Waals surface area contributed by atoms with E-state index in [1.807, 2.05) is 50.6 Å². The lowest BCUT2D eigenvalue weighted by atomic mass is 9.78. The van der Waals surface area contributed by atoms with Gasteiger partial charge in [-0.15, -0.1) is 0 Å². The molecule has 0 radical (unpaired) electrons. The minimum absolute atomic E-state index is 0.00864. The molecule has 0 bridgehead atoms. The maximum Gasteiger partial charge on any atom is 0.224 e. The largest absolute Gasteiger partial charge is 0.496 e. The number of allylic oxidation sites excluding steroid dienone is 1. The summed E-state index contributed by atoms with van der Waals surface area (Å²) in [6.07, 6.45) is 7.27. The van der Waals surface area contributed by atoms with Crippen molar-refractivity contribution in [2.75, 3.05) is 26.1 Å². The van der Waals surface area contributed by atoms with Gasteiger partial charge in [0.25, 0.3) is 0 Å². The van der Waals surface area contributed by atoms with E-state index in [2.05, 4.69) is 48.0 Å². The molecule has 1 unspecified atom stereocenters. The van der Waals surface area contributed by atoms with Crippen LogP contribution in [0.15, 0.2) is 48.2 Å². The highest BCUT2D eigenvalue weighted by Crippen LogP contribution is 2.46. The number of fused-ring (bicyclic) bond motifs is 3. The van der Waals surface area contributed by atoms with E-state index in [0.717, 1.165) is 46.5 Å². The maximum absolute atomic E-state index is 13.1. The number of rotatable bonds is 5. The fourth-order valence-corrected chi connectivity index (χ4v) is 4.63. The molecule has 1 aromatic carbocycles. The second-order valence-electron chi connectivity index (χ2n) is 10.3. The van der Waals surface area contributed by atoms with Crippen LogP contribution in [0.2, 0.25) is 0 Å². The Morgan fingerprint density at radius 1 is 1.18 bits per heavy atom. The van der Waals surface area contributed by atoms with Crippen LogP contribution in [0, 0.1) is 5.41 Å². The Hall–Kier alpha value is -3.41. The second kappa shape index (κ2) is 8.75. The minimum Gasteiger partial charge on any atom is -0.496 e. The van der Waals surface area contributed by atoms with Gasteiger partial charge in [-0.3, -0.25) is 4.79 Å². The predicted molar refractivity (Wildman–Crippen MR) is 140 cm³/mol. The third kappa shape index (κ3) is 4.13. The van der Waals surface area contributed by atoms with Gasteiger partial charge in [0.2, 0.25) is 5.95 Å². The first-order valence-electron chi connectivity index (χ1n) is 11.7. The molecule has 0 N–H and O–H groups in total. The molecular weight excluding hydrogens is 424 g/mol. The Balaban J connectivity index is 1.93. The molecule has 0 amide bonds. The third-order valence-corrected chi connectivity index (χ3v) is 6.69. The van der Waals surface area contributed by atoms with Gasteiger partial charge in [-0.2, -0.15) is 0 Å². The van der Waals surface area contributed by atoms with Crippen molar-refractivity contribution in [3.05, 3.63) is 64.7 Å². The fourth-order valence-electron chi connectivity index (χ4n) is 4.63. The number of methoxy groups -OCH3 is 1. The molecule has 34 heavy (non-hydrogen) atoms. The van der Waals surface area contributed by atoms with Crippen molar-refractivity contribution >= 4 is 11.5 Å². The van der Waals surface area contributed by atoms with Crippen molar-refractivity contribution in [1.82, 2.24) is 14.5 Å². The van der Waals surface area contributed by atoms with Crippen LogP contribution in [0.4, 0.5) is 5.95 Å². The Morgan fingerprint density at radius 3 is 2.41 bits per heavy atom. The van der Waals surface area contributed by atoms with E-state index >= 15 is 0 Å². The second-order valence-corrected chi connectivity index (χ2v) is 10.3. The summed E-state index contributed by atoms with van der Waals surface area (Å²) >= 11 is 0. The first-order chi connectivity index (χ1) is 16.0. The molecule has 0 fully saturated rings. The van der Waals surface area contributed by atoms with E-state index in [-0.39, 0.29) is 16.9 Å². The van der Waals surface area contributed by atoms with Gasteiger partial charge in [0.1, 0.15) is 5.75 Å². The molecule has 1 aliphatic heterocycles. The monoisotopic (exact) mass is 458 g/mol. The summed E-state index contributed by atoms with van der Waals surface area (Å²) in [4.78, 5) is 23.9. The van der Waals surface area contributed by atoms with E-state index in [1.165, 1.54) is 5.56 Å². The molecule has 1 aliphatic rings. The van der Waals surface area contributed by atoms with Gasteiger partial charge in [0, 0.05) is 67.0 Å². The lowest BCUT2D eigenvalue weighted by molar-refractivity contribution is 0.237. The molecule has 4 rings (SSSR count). The number of ether oxygens (including phenoxy) is 1. The lowest BCUT2D eigenvalue weighted by Crippen LogP contribution is -2.32. The quantitative estimate of drug-likeness (QED) is 0.497. The van der Waals surface area contributed by atoms with Crippen LogP contribution in [0.5, 0.6) is 5.75 Å². The number of pyridine rings is 1. The average Bonchev–Trinajstić information content (AvgIpc) is 2.81. The molecule has 0 spiro atoms. The van der Waals surface area contributed by atoms with Gasteiger partial charge in [0.05, 0.1) is 12.8 Å². The Labute approximate surface area is 201 Å². The van der Waals surface area contributed by atoms with Crippen LogP contribution < -0.4 is 15.1 Å². The number of hydrogen-bond donors (Lipinski definition) is 0. The summed E-state index contributed by atoms with van der Waals surface area (Å²) in [5.74, 6) is 1.39. The fraction of sp³-hybridized carbons (Fsp3) is 0.393. The minimum atomic E-state index is -0.0110. The molecule has 6 nitrogen and oxygen atoms in total. The molecule has 0 saturated heterocycles. The average molecular weight is 459 g/mol. The summed E-state index contributed by atoms with van der Waals surface area (Å²) < 4.78 is 8.07. The molecule has 0 aliphatic carbocycles. The molecule has 3 heterocycles. The Bertz CT molecular complexity index is 1300. The SMILES string of the molecule is C=C(CC)c1cn2c(cc1=O)-c1cc(OC)c(-c3cnc(N(C)C)nc3)cc1CC2C(C)(C)C. The normalized spacial score (nSPS) is 14.9. The highest BCUT2D eigenvalue weighted by Gasteiger charge is 2.33. The van der Waals surface area contributed by atoms with E-state index in [9.17, 15) is 4.79 Å². The molecule has 6 heteroatoms. The van der Waals surface area contributed by atoms with Gasteiger partial charge in [-0.1, -0.05) is 34.3 Å². The van der Waals surface area contributed by atoms with E-state index in [0.29, 0.717) is 11.5 Å². The van der Waals surface area contributed by atoms with Gasteiger partial charge in [-0.05, 0) is 41.5 Å². The lowest BCUT2D eigenvalue weighted by Gasteiger charge is -2.39. The molecule has 178 valence electrons. The molecule has 3 aromatic rings. The van der Waals surface area contributed by atoms with Crippen molar-refractivity contribution < 1.29 is 4.74 Å². The Kier molecular flexibility index (Phi) is 6.11. The standard InChI is InChI=1S/C28H34N4O2/c1-9-17(2)22-16-32-23(13-24(22)33)20-12-25(34-8)21(10-18(20)11-26(32)28(3,4)5)19-14-29-27(30-15-19)31(6)7/h10,12-16,26H,2,9,11H2,1,3-8H3. The number of hydrogen-bond acceptors (Lipinski definition) is 5. The van der Waals surface area contributed by atoms with Crippen LogP contribution in [0.3, 0.4) is 0 Å². The van der Waals surface area contributed by atoms with Gasteiger partial charge in [0.15, 0.2) is 5.43 Å². The highest BCUT2D eigenvalue weighted by molar-refractivity contribution is 5.79. The van der Waals surface area contributed by atoms with Gasteiger partial charge >= 0.3 is 0 Å². The summed E-state index contributed by atoms with van der Waals surface area (Å²) in [5, 5.41) is 0. The summed E-state index contributed by atoms with van der Waals surface area (Å²) in [5.41, 5.74) is 6.55. The van der Waals surface area contributed by atoms with Gasteiger partial charge < -0.3 is 14.2 Å². The summed E-state index contributed by atoms with van der Waals surface area (Å²) in [7, 11) is 5.51. The molecule has 1 atom stereocenters. The van der Waals surface area contributed by atoms with Crippen LogP contribution in [0.25, 0.3) is 28.0 Å². The van der Waals surface area contributed by atoms with Gasteiger partial charge in [-0.25, -0.2) is 9.97 Å². The molecule has 2 aromatic heterocycles. The topological polar surface area (TPSA) is 60.3 Å². The van der Waals surface area contributed by atoms with E-state index in [4.69, 9.17) is 4.74 Å². The van der Waals surface area contributed by atoms with E-state index < -0.39 is 0 Å². The Morgan fingerprint density at radius 2 is 1.85 bits per heavy atom. The van der Waals surface area contributed by atoms with Crippen molar-refractivity contribution in [3.63, 3.8) is 0 Å². The first-order valence-corrected chi connectivity index (χ1v) is 11.7. The summed E-state index contributed by atoms with van der Waals surface area (Å²) in [6.45, 7) is 12.9. The van der Waals surface area contributed by atoms with Crippen molar-refractivity contribution in [2.24, 2.45) is 5.41 Å². The first kappa shape index (κ1) is 23.7. The molecule has 0 saturated carbocycles. The zero-order valence-corrected chi connectivity index (χ0v) is 21.3. The predicted octanol–water partition coefficient (Wildman–Crippen LogP) is 5.61.